The van der Waals surface area contributed by atoms with Gasteiger partial charge in [0.15, 0.2) is 5.13 Å². The van der Waals surface area contributed by atoms with Crippen molar-refractivity contribution in [3.8, 4) is 0 Å². The largest absolute Gasteiger partial charge is 0.345 e. The van der Waals surface area contributed by atoms with E-state index in [1.165, 1.54) is 28.5 Å². The van der Waals surface area contributed by atoms with Crippen LogP contribution in [0.4, 0.5) is 5.13 Å². The molecule has 2 heterocycles. The van der Waals surface area contributed by atoms with E-state index >= 15 is 0 Å². The fourth-order valence-corrected chi connectivity index (χ4v) is 3.71. The van der Waals surface area contributed by atoms with Gasteiger partial charge in [0.25, 0.3) is 0 Å². The van der Waals surface area contributed by atoms with Crippen molar-refractivity contribution in [2.45, 2.75) is 72.5 Å². The van der Waals surface area contributed by atoms with E-state index in [2.05, 4.69) is 51.8 Å². The third-order valence-electron chi connectivity index (χ3n) is 4.02. The van der Waals surface area contributed by atoms with Crippen molar-refractivity contribution < 1.29 is 0 Å². The third-order valence-corrected chi connectivity index (χ3v) is 5.22. The molecular formula is C16H29N3S. The highest BCUT2D eigenvalue weighted by molar-refractivity contribution is 7.15. The number of hydrogen-bond acceptors (Lipinski definition) is 4. The van der Waals surface area contributed by atoms with Gasteiger partial charge in [-0.05, 0) is 53.4 Å². The Morgan fingerprint density at radius 1 is 1.30 bits per heavy atom. The van der Waals surface area contributed by atoms with E-state index in [0.717, 1.165) is 19.0 Å². The van der Waals surface area contributed by atoms with Crippen LogP contribution in [0.5, 0.6) is 0 Å². The zero-order valence-electron chi connectivity index (χ0n) is 13.8. The first-order valence-electron chi connectivity index (χ1n) is 7.74. The molecular weight excluding hydrogens is 266 g/mol. The summed E-state index contributed by atoms with van der Waals surface area (Å²) < 4.78 is 0. The molecule has 1 aromatic heterocycles. The van der Waals surface area contributed by atoms with Gasteiger partial charge in [0, 0.05) is 29.5 Å². The van der Waals surface area contributed by atoms with E-state index in [-0.39, 0.29) is 5.54 Å². The maximum absolute atomic E-state index is 4.82. The first-order valence-corrected chi connectivity index (χ1v) is 8.56. The van der Waals surface area contributed by atoms with Gasteiger partial charge in [0.1, 0.15) is 0 Å². The van der Waals surface area contributed by atoms with E-state index in [4.69, 9.17) is 4.98 Å². The van der Waals surface area contributed by atoms with Crippen molar-refractivity contribution in [1.82, 2.24) is 10.3 Å². The van der Waals surface area contributed by atoms with Gasteiger partial charge in [-0.1, -0.05) is 6.92 Å². The number of hydrogen-bond donors (Lipinski definition) is 1. The predicted octanol–water partition coefficient (Wildman–Crippen LogP) is 3.96. The molecule has 4 heteroatoms. The van der Waals surface area contributed by atoms with Crippen LogP contribution in [-0.4, -0.2) is 23.1 Å². The topological polar surface area (TPSA) is 28.2 Å². The maximum Gasteiger partial charge on any atom is 0.186 e. The summed E-state index contributed by atoms with van der Waals surface area (Å²) in [5.74, 6) is 0.784. The number of thiazole rings is 1. The lowest BCUT2D eigenvalue weighted by molar-refractivity contribution is 0.390. The summed E-state index contributed by atoms with van der Waals surface area (Å²) in [5.41, 5.74) is 1.34. The van der Waals surface area contributed by atoms with Gasteiger partial charge in [-0.3, -0.25) is 0 Å². The second-order valence-corrected chi connectivity index (χ2v) is 8.35. The second-order valence-electron chi connectivity index (χ2n) is 7.29. The molecule has 1 fully saturated rings. The van der Waals surface area contributed by atoms with Crippen LogP contribution in [0.1, 0.15) is 58.0 Å². The van der Waals surface area contributed by atoms with E-state index in [9.17, 15) is 0 Å². The highest BCUT2D eigenvalue weighted by Gasteiger charge is 2.26. The molecule has 1 aromatic rings. The van der Waals surface area contributed by atoms with Crippen molar-refractivity contribution >= 4 is 16.5 Å². The Kier molecular flexibility index (Phi) is 4.75. The van der Waals surface area contributed by atoms with Gasteiger partial charge >= 0.3 is 0 Å². The van der Waals surface area contributed by atoms with Crippen LogP contribution >= 0.6 is 11.3 Å². The fourth-order valence-electron chi connectivity index (χ4n) is 2.60. The second kappa shape index (κ2) is 6.02. The molecule has 114 valence electrons. The Hall–Kier alpha value is -0.610. The summed E-state index contributed by atoms with van der Waals surface area (Å²) in [6.07, 6.45) is 2.63. The molecule has 20 heavy (non-hydrogen) atoms. The molecule has 1 saturated heterocycles. The summed E-state index contributed by atoms with van der Waals surface area (Å²) in [6.45, 7) is 15.5. The summed E-state index contributed by atoms with van der Waals surface area (Å²) in [7, 11) is 0. The minimum absolute atomic E-state index is 0.156. The molecule has 1 aliphatic heterocycles. The molecule has 1 N–H and O–H groups in total. The summed E-state index contributed by atoms with van der Waals surface area (Å²) in [5, 5.41) is 4.78. The number of anilines is 1. The predicted molar refractivity (Wildman–Crippen MR) is 88.6 cm³/mol. The Labute approximate surface area is 127 Å². The molecule has 0 spiro atoms. The van der Waals surface area contributed by atoms with Gasteiger partial charge in [0.05, 0.1) is 5.69 Å². The van der Waals surface area contributed by atoms with Crippen molar-refractivity contribution in [2.75, 3.05) is 11.4 Å². The lowest BCUT2D eigenvalue weighted by Gasteiger charge is -2.36. The number of piperidine rings is 1. The summed E-state index contributed by atoms with van der Waals surface area (Å²) >= 11 is 1.86. The normalized spacial score (nSPS) is 24.2. The van der Waals surface area contributed by atoms with Gasteiger partial charge in [-0.15, -0.1) is 11.3 Å². The zero-order valence-corrected chi connectivity index (χ0v) is 14.6. The highest BCUT2D eigenvalue weighted by Crippen LogP contribution is 2.32. The smallest absolute Gasteiger partial charge is 0.186 e. The van der Waals surface area contributed by atoms with E-state index in [1.807, 2.05) is 11.3 Å². The quantitative estimate of drug-likeness (QED) is 0.914. The third kappa shape index (κ3) is 3.95. The zero-order chi connectivity index (χ0) is 14.9. The minimum atomic E-state index is 0.156. The molecule has 1 aliphatic rings. The summed E-state index contributed by atoms with van der Waals surface area (Å²) in [6, 6.07) is 0.625. The Morgan fingerprint density at radius 2 is 2.00 bits per heavy atom. The number of nitrogens with zero attached hydrogens (tertiary/aromatic N) is 2. The average molecular weight is 295 g/mol. The Morgan fingerprint density at radius 3 is 2.65 bits per heavy atom. The molecule has 2 unspecified atom stereocenters. The molecule has 0 bridgehead atoms. The van der Waals surface area contributed by atoms with Crippen LogP contribution in [0.15, 0.2) is 0 Å². The lowest BCUT2D eigenvalue weighted by atomic mass is 9.96. The molecule has 2 atom stereocenters. The molecule has 0 saturated carbocycles. The van der Waals surface area contributed by atoms with Crippen LogP contribution < -0.4 is 10.2 Å². The molecule has 2 rings (SSSR count). The molecule has 0 amide bonds. The highest BCUT2D eigenvalue weighted by atomic mass is 32.1. The standard InChI is InChI=1S/C16H29N3S/c1-11-7-8-12(2)19(10-11)15-18-13(3)14(20-15)9-17-16(4,5)6/h11-12,17H,7-10H2,1-6H3. The van der Waals surface area contributed by atoms with Crippen LogP contribution in [0.2, 0.25) is 0 Å². The van der Waals surface area contributed by atoms with Crippen LogP contribution in [0, 0.1) is 12.8 Å². The molecule has 3 nitrogen and oxygen atoms in total. The number of nitrogens with one attached hydrogen (secondary N) is 1. The first kappa shape index (κ1) is 15.8. The number of rotatable bonds is 3. The van der Waals surface area contributed by atoms with E-state index in [0.29, 0.717) is 6.04 Å². The molecule has 0 radical (unpaired) electrons. The lowest BCUT2D eigenvalue weighted by Crippen LogP contribution is -2.41. The number of aryl methyl sites for hydroxylation is 1. The van der Waals surface area contributed by atoms with Gasteiger partial charge in [-0.25, -0.2) is 4.98 Å². The van der Waals surface area contributed by atoms with Crippen molar-refractivity contribution in [1.29, 1.82) is 0 Å². The van der Waals surface area contributed by atoms with Crippen LogP contribution in [0.3, 0.4) is 0 Å². The van der Waals surface area contributed by atoms with Crippen molar-refractivity contribution in [3.63, 3.8) is 0 Å². The van der Waals surface area contributed by atoms with Crippen LogP contribution in [-0.2, 0) is 6.54 Å². The fraction of sp³-hybridized carbons (Fsp3) is 0.812. The van der Waals surface area contributed by atoms with E-state index in [1.54, 1.807) is 0 Å². The van der Waals surface area contributed by atoms with Crippen molar-refractivity contribution in [3.05, 3.63) is 10.6 Å². The molecule has 0 aromatic carbocycles. The SMILES string of the molecule is Cc1nc(N2CC(C)CCC2C)sc1CNC(C)(C)C. The van der Waals surface area contributed by atoms with Gasteiger partial charge in [0.2, 0.25) is 0 Å². The van der Waals surface area contributed by atoms with Crippen molar-refractivity contribution in [2.24, 2.45) is 5.92 Å². The minimum Gasteiger partial charge on any atom is -0.345 e. The van der Waals surface area contributed by atoms with E-state index < -0.39 is 0 Å². The average Bonchev–Trinajstić information content (AvgIpc) is 2.70. The first-order chi connectivity index (χ1) is 9.26. The summed E-state index contributed by atoms with van der Waals surface area (Å²) in [4.78, 5) is 8.71. The maximum atomic E-state index is 4.82. The monoisotopic (exact) mass is 295 g/mol. The van der Waals surface area contributed by atoms with Crippen LogP contribution in [0.25, 0.3) is 0 Å². The van der Waals surface area contributed by atoms with Gasteiger partial charge < -0.3 is 10.2 Å². The number of aromatic nitrogens is 1. The molecule has 0 aliphatic carbocycles. The van der Waals surface area contributed by atoms with Gasteiger partial charge in [-0.2, -0.15) is 0 Å². The Balaban J connectivity index is 2.10. The Bertz CT molecular complexity index is 447.